The number of anilines is 3. The molecule has 0 radical (unpaired) electrons. The monoisotopic (exact) mass is 261 g/mol. The van der Waals surface area contributed by atoms with E-state index in [0.717, 1.165) is 25.2 Å². The fraction of sp³-hybridized carbons (Fsp3) is 0.571. The number of unbranched alkanes of at least 4 members (excludes halogenated alkanes) is 3. The Bertz CT molecular complexity index is 436. The molecule has 5 heteroatoms. The Morgan fingerprint density at radius 3 is 2.53 bits per heavy atom. The van der Waals surface area contributed by atoms with Gasteiger partial charge in [-0.25, -0.2) is 9.97 Å². The highest BCUT2D eigenvalue weighted by Gasteiger charge is 2.10. The quantitative estimate of drug-likeness (QED) is 0.381. The third kappa shape index (κ3) is 4.66. The Morgan fingerprint density at radius 2 is 1.89 bits per heavy atom. The third-order valence-electron chi connectivity index (χ3n) is 2.78. The van der Waals surface area contributed by atoms with Crippen molar-refractivity contribution in [2.45, 2.75) is 46.0 Å². The van der Waals surface area contributed by atoms with Crippen LogP contribution < -0.4 is 16.4 Å². The van der Waals surface area contributed by atoms with Gasteiger partial charge in [-0.1, -0.05) is 32.6 Å². The molecule has 0 aliphatic rings. The summed E-state index contributed by atoms with van der Waals surface area (Å²) >= 11 is 0. The minimum absolute atomic E-state index is 0.470. The maximum absolute atomic E-state index is 5.96. The van der Waals surface area contributed by atoms with Crippen molar-refractivity contribution in [2.75, 3.05) is 22.9 Å². The zero-order chi connectivity index (χ0) is 14.1. The fourth-order valence-electron chi connectivity index (χ4n) is 1.80. The number of rotatable bonds is 8. The molecule has 0 aliphatic carbocycles. The number of nitrogens with zero attached hydrogens (tertiary/aromatic N) is 2. The van der Waals surface area contributed by atoms with E-state index >= 15 is 0 Å². The molecule has 0 unspecified atom stereocenters. The Balaban J connectivity index is 2.82. The normalized spacial score (nSPS) is 9.95. The second-order valence-electron chi connectivity index (χ2n) is 4.36. The molecule has 0 fully saturated rings. The first-order valence-electron chi connectivity index (χ1n) is 6.84. The first-order valence-corrected chi connectivity index (χ1v) is 6.84. The van der Waals surface area contributed by atoms with Crippen molar-refractivity contribution >= 4 is 17.3 Å². The third-order valence-corrected chi connectivity index (χ3v) is 2.78. The average Bonchev–Trinajstić information content (AvgIpc) is 2.40. The lowest BCUT2D eigenvalue weighted by Crippen LogP contribution is -2.10. The van der Waals surface area contributed by atoms with Crippen LogP contribution in [-0.4, -0.2) is 16.5 Å². The number of aryl methyl sites for hydroxylation is 1. The van der Waals surface area contributed by atoms with E-state index in [-0.39, 0.29) is 0 Å². The molecule has 104 valence electrons. The van der Waals surface area contributed by atoms with Crippen LogP contribution in [0.4, 0.5) is 17.3 Å². The van der Waals surface area contributed by atoms with E-state index in [1.807, 2.05) is 6.92 Å². The van der Waals surface area contributed by atoms with Gasteiger partial charge in [-0.3, -0.25) is 5.32 Å². The van der Waals surface area contributed by atoms with Gasteiger partial charge in [0.05, 0.1) is 0 Å². The molecule has 0 aromatic carbocycles. The maximum atomic E-state index is 5.96. The smallest absolute Gasteiger partial charge is 0.166 e. The molecule has 0 spiro atoms. The van der Waals surface area contributed by atoms with E-state index in [9.17, 15) is 0 Å². The molecule has 1 heterocycles. The topological polar surface area (TPSA) is 75.9 Å². The summed E-state index contributed by atoms with van der Waals surface area (Å²) in [6.45, 7) is 4.95. The van der Waals surface area contributed by atoms with Crippen LogP contribution in [0.2, 0.25) is 0 Å². The van der Waals surface area contributed by atoms with E-state index in [1.165, 1.54) is 19.3 Å². The van der Waals surface area contributed by atoms with Crippen LogP contribution in [0.3, 0.4) is 0 Å². The zero-order valence-electron chi connectivity index (χ0n) is 11.8. The number of nitrogens with two attached hydrogens (primary N) is 1. The minimum Gasteiger partial charge on any atom is -0.393 e. The van der Waals surface area contributed by atoms with Gasteiger partial charge in [-0.05, 0) is 13.3 Å². The van der Waals surface area contributed by atoms with Crippen molar-refractivity contribution in [1.82, 2.24) is 9.97 Å². The average molecular weight is 261 g/mol. The van der Waals surface area contributed by atoms with E-state index in [1.54, 1.807) is 0 Å². The highest BCUT2D eigenvalue weighted by atomic mass is 15.1. The van der Waals surface area contributed by atoms with Crippen molar-refractivity contribution in [3.05, 3.63) is 5.82 Å². The predicted molar refractivity (Wildman–Crippen MR) is 80.9 cm³/mol. The lowest BCUT2D eigenvalue weighted by atomic mass is 10.1. The summed E-state index contributed by atoms with van der Waals surface area (Å²) in [5.41, 5.74) is 6.42. The van der Waals surface area contributed by atoms with Gasteiger partial charge in [-0.2, -0.15) is 0 Å². The fourth-order valence-corrected chi connectivity index (χ4v) is 1.80. The standard InChI is InChI=1S/C14H23N5/c1-4-7-8-9-10-11-18-13(16-5-2)12(15)14(19-11)17-6-3/h2H,4,6-10,15H2,1,3H3,(H2,16,17,18,19). The molecule has 0 aliphatic heterocycles. The minimum atomic E-state index is 0.470. The zero-order valence-corrected chi connectivity index (χ0v) is 11.8. The van der Waals surface area contributed by atoms with Crippen LogP contribution in [0, 0.1) is 12.5 Å². The van der Waals surface area contributed by atoms with Crippen molar-refractivity contribution in [3.8, 4) is 12.5 Å². The molecule has 0 saturated carbocycles. The molecule has 5 nitrogen and oxygen atoms in total. The van der Waals surface area contributed by atoms with E-state index < -0.39 is 0 Å². The van der Waals surface area contributed by atoms with Gasteiger partial charge in [0, 0.05) is 19.0 Å². The van der Waals surface area contributed by atoms with Crippen LogP contribution in [0.15, 0.2) is 0 Å². The molecule has 19 heavy (non-hydrogen) atoms. The van der Waals surface area contributed by atoms with E-state index in [2.05, 4.69) is 33.6 Å². The highest BCUT2D eigenvalue weighted by Crippen LogP contribution is 2.24. The second-order valence-corrected chi connectivity index (χ2v) is 4.36. The van der Waals surface area contributed by atoms with E-state index in [0.29, 0.717) is 17.3 Å². The highest BCUT2D eigenvalue weighted by molar-refractivity contribution is 5.75. The summed E-state index contributed by atoms with van der Waals surface area (Å²) in [5, 5.41) is 5.86. The van der Waals surface area contributed by atoms with Crippen LogP contribution in [-0.2, 0) is 6.42 Å². The number of nitrogen functional groups attached to an aromatic ring is 1. The van der Waals surface area contributed by atoms with Crippen molar-refractivity contribution < 1.29 is 0 Å². The van der Waals surface area contributed by atoms with Crippen LogP contribution >= 0.6 is 0 Å². The van der Waals surface area contributed by atoms with Crippen molar-refractivity contribution in [2.24, 2.45) is 0 Å². The molecule has 4 N–H and O–H groups in total. The molecule has 1 aromatic heterocycles. The summed E-state index contributed by atoms with van der Waals surface area (Å²) in [7, 11) is 0. The van der Waals surface area contributed by atoms with Crippen LogP contribution in [0.5, 0.6) is 0 Å². The number of hydrogen-bond donors (Lipinski definition) is 3. The molecule has 0 atom stereocenters. The van der Waals surface area contributed by atoms with Gasteiger partial charge in [0.1, 0.15) is 11.5 Å². The first-order chi connectivity index (χ1) is 9.22. The number of hydrogen-bond acceptors (Lipinski definition) is 5. The second kappa shape index (κ2) is 8.20. The predicted octanol–water partition coefficient (Wildman–Crippen LogP) is 2.62. The Labute approximate surface area is 115 Å². The van der Waals surface area contributed by atoms with Gasteiger partial charge in [0.2, 0.25) is 0 Å². The molecular formula is C14H23N5. The molecule has 1 aromatic rings. The van der Waals surface area contributed by atoms with Gasteiger partial charge >= 0.3 is 0 Å². The Morgan fingerprint density at radius 1 is 1.16 bits per heavy atom. The Kier molecular flexibility index (Phi) is 6.51. The van der Waals surface area contributed by atoms with E-state index in [4.69, 9.17) is 12.2 Å². The van der Waals surface area contributed by atoms with Crippen LogP contribution in [0.25, 0.3) is 0 Å². The summed E-state index contributed by atoms with van der Waals surface area (Å²) in [6.07, 6.45) is 10.8. The summed E-state index contributed by atoms with van der Waals surface area (Å²) < 4.78 is 0. The summed E-state index contributed by atoms with van der Waals surface area (Å²) in [6, 6.07) is 2.35. The summed E-state index contributed by atoms with van der Waals surface area (Å²) in [4.78, 5) is 8.82. The molecule has 1 rings (SSSR count). The number of aromatic nitrogens is 2. The molecule has 0 bridgehead atoms. The molecule has 0 saturated heterocycles. The van der Waals surface area contributed by atoms with Crippen molar-refractivity contribution in [1.29, 1.82) is 0 Å². The van der Waals surface area contributed by atoms with Gasteiger partial charge in [0.25, 0.3) is 0 Å². The molecule has 0 amide bonds. The van der Waals surface area contributed by atoms with Crippen LogP contribution in [0.1, 0.15) is 45.4 Å². The molecular weight excluding hydrogens is 238 g/mol. The SMILES string of the molecule is C#CNc1nc(CCCCCC)nc(NCC)c1N. The number of terminal acetylenes is 1. The largest absolute Gasteiger partial charge is 0.393 e. The van der Waals surface area contributed by atoms with Gasteiger partial charge < -0.3 is 11.1 Å². The summed E-state index contributed by atoms with van der Waals surface area (Å²) in [5.74, 6) is 1.94. The van der Waals surface area contributed by atoms with Gasteiger partial charge in [-0.15, -0.1) is 0 Å². The van der Waals surface area contributed by atoms with Gasteiger partial charge in [0.15, 0.2) is 11.6 Å². The maximum Gasteiger partial charge on any atom is 0.166 e. The van der Waals surface area contributed by atoms with Crippen molar-refractivity contribution in [3.63, 3.8) is 0 Å². The lowest BCUT2D eigenvalue weighted by Gasteiger charge is -2.12. The number of nitrogens with one attached hydrogen (secondary N) is 2. The first kappa shape index (κ1) is 15.1. The Hall–Kier alpha value is -1.96. The lowest BCUT2D eigenvalue weighted by molar-refractivity contribution is 0.653.